The summed E-state index contributed by atoms with van der Waals surface area (Å²) in [6.45, 7) is 7.18. The molecule has 4 nitrogen and oxygen atoms in total. The first kappa shape index (κ1) is 13.5. The van der Waals surface area contributed by atoms with Gasteiger partial charge in [-0.05, 0) is 55.7 Å². The summed E-state index contributed by atoms with van der Waals surface area (Å²) in [4.78, 5) is 16.8. The van der Waals surface area contributed by atoms with Crippen molar-refractivity contribution >= 4 is 16.7 Å². The second-order valence-electron chi connectivity index (χ2n) is 5.57. The van der Waals surface area contributed by atoms with E-state index in [1.165, 1.54) is 22.3 Å². The summed E-state index contributed by atoms with van der Waals surface area (Å²) in [5.41, 5.74) is 7.69. The lowest BCUT2D eigenvalue weighted by molar-refractivity contribution is 1.08. The van der Waals surface area contributed by atoms with Gasteiger partial charge in [0.15, 0.2) is 0 Å². The Hall–Kier alpha value is -2.49. The van der Waals surface area contributed by atoms with Gasteiger partial charge in [-0.15, -0.1) is 0 Å². The van der Waals surface area contributed by atoms with Gasteiger partial charge in [-0.25, -0.2) is 4.79 Å². The van der Waals surface area contributed by atoms with E-state index in [0.717, 1.165) is 23.3 Å². The molecule has 1 aromatic heterocycles. The minimum atomic E-state index is -0.174. The molecule has 0 spiro atoms. The highest BCUT2D eigenvalue weighted by Gasteiger charge is 2.05. The number of aryl methyl sites for hydroxylation is 3. The number of imidazole rings is 1. The van der Waals surface area contributed by atoms with E-state index in [1.54, 1.807) is 0 Å². The van der Waals surface area contributed by atoms with Gasteiger partial charge in [-0.3, -0.25) is 0 Å². The second-order valence-corrected chi connectivity index (χ2v) is 5.57. The Labute approximate surface area is 123 Å². The Morgan fingerprint density at radius 1 is 0.952 bits per heavy atom. The second kappa shape index (κ2) is 5.13. The van der Waals surface area contributed by atoms with E-state index >= 15 is 0 Å². The molecule has 0 aliphatic heterocycles. The van der Waals surface area contributed by atoms with E-state index in [-0.39, 0.29) is 5.69 Å². The summed E-state index contributed by atoms with van der Waals surface area (Å²) in [5, 5.41) is 3.43. The van der Waals surface area contributed by atoms with Crippen molar-refractivity contribution < 1.29 is 0 Å². The Balaban J connectivity index is 1.84. The minimum Gasteiger partial charge on any atom is -0.381 e. The quantitative estimate of drug-likeness (QED) is 0.689. The van der Waals surface area contributed by atoms with Crippen LogP contribution in [-0.2, 0) is 6.54 Å². The maximum atomic E-state index is 11.3. The van der Waals surface area contributed by atoms with Crippen molar-refractivity contribution in [3.05, 3.63) is 63.1 Å². The van der Waals surface area contributed by atoms with Crippen molar-refractivity contribution in [3.63, 3.8) is 0 Å². The third-order valence-electron chi connectivity index (χ3n) is 3.83. The molecule has 0 aliphatic rings. The first-order valence-corrected chi connectivity index (χ1v) is 7.05. The van der Waals surface area contributed by atoms with Crippen LogP contribution in [0, 0.1) is 20.8 Å². The van der Waals surface area contributed by atoms with Crippen molar-refractivity contribution in [2.24, 2.45) is 0 Å². The molecule has 3 N–H and O–H groups in total. The first-order valence-electron chi connectivity index (χ1n) is 7.05. The maximum absolute atomic E-state index is 11.3. The molecule has 1 heterocycles. The van der Waals surface area contributed by atoms with Crippen molar-refractivity contribution in [2.45, 2.75) is 27.3 Å². The van der Waals surface area contributed by atoms with Gasteiger partial charge in [0.1, 0.15) is 0 Å². The predicted molar refractivity (Wildman–Crippen MR) is 86.9 cm³/mol. The number of H-pyrrole nitrogens is 2. The molecule has 2 aromatic carbocycles. The Morgan fingerprint density at radius 2 is 1.62 bits per heavy atom. The highest BCUT2D eigenvalue weighted by atomic mass is 16.1. The van der Waals surface area contributed by atoms with Gasteiger partial charge >= 0.3 is 5.69 Å². The fraction of sp³-hybridized carbons (Fsp3) is 0.235. The standard InChI is InChI=1S/C17H19N3O/c1-10-6-11(2)14(12(3)7-10)9-18-13-4-5-15-16(8-13)20-17(21)19-15/h4-8,18H,9H2,1-3H3,(H2,19,20,21). The topological polar surface area (TPSA) is 60.7 Å². The molecule has 0 bridgehead atoms. The molecule has 0 unspecified atom stereocenters. The zero-order valence-electron chi connectivity index (χ0n) is 12.5. The molecule has 0 saturated carbocycles. The molecule has 0 amide bonds. The monoisotopic (exact) mass is 281 g/mol. The van der Waals surface area contributed by atoms with E-state index in [0.29, 0.717) is 0 Å². The lowest BCUT2D eigenvalue weighted by Gasteiger charge is -2.13. The van der Waals surface area contributed by atoms with Crippen LogP contribution in [0.4, 0.5) is 5.69 Å². The van der Waals surface area contributed by atoms with E-state index in [2.05, 4.69) is 48.2 Å². The van der Waals surface area contributed by atoms with Crippen molar-refractivity contribution in [1.82, 2.24) is 9.97 Å². The van der Waals surface area contributed by atoms with Gasteiger partial charge in [0.2, 0.25) is 0 Å². The normalized spacial score (nSPS) is 11.0. The minimum absolute atomic E-state index is 0.174. The number of aromatic amines is 2. The highest BCUT2D eigenvalue weighted by molar-refractivity contribution is 5.78. The molecule has 0 atom stereocenters. The van der Waals surface area contributed by atoms with Crippen molar-refractivity contribution in [2.75, 3.05) is 5.32 Å². The zero-order valence-corrected chi connectivity index (χ0v) is 12.5. The van der Waals surface area contributed by atoms with E-state index in [1.807, 2.05) is 18.2 Å². The van der Waals surface area contributed by atoms with Gasteiger partial charge in [-0.1, -0.05) is 17.7 Å². The van der Waals surface area contributed by atoms with Crippen LogP contribution >= 0.6 is 0 Å². The number of hydrogen-bond acceptors (Lipinski definition) is 2. The molecule has 21 heavy (non-hydrogen) atoms. The molecule has 0 radical (unpaired) electrons. The van der Waals surface area contributed by atoms with Crippen LogP contribution in [0.3, 0.4) is 0 Å². The fourth-order valence-corrected chi connectivity index (χ4v) is 2.82. The Bertz CT molecular complexity index is 835. The van der Waals surface area contributed by atoms with E-state index in [9.17, 15) is 4.79 Å². The summed E-state index contributed by atoms with van der Waals surface area (Å²) < 4.78 is 0. The Kier molecular flexibility index (Phi) is 3.29. The van der Waals surface area contributed by atoms with Crippen LogP contribution < -0.4 is 11.0 Å². The molecule has 3 aromatic rings. The van der Waals surface area contributed by atoms with Crippen LogP contribution in [0.15, 0.2) is 35.1 Å². The predicted octanol–water partition coefficient (Wildman–Crippen LogP) is 3.39. The van der Waals surface area contributed by atoms with Gasteiger partial charge < -0.3 is 15.3 Å². The molecule has 4 heteroatoms. The molecule has 108 valence electrons. The van der Waals surface area contributed by atoms with E-state index < -0.39 is 0 Å². The van der Waals surface area contributed by atoms with Crippen molar-refractivity contribution in [1.29, 1.82) is 0 Å². The van der Waals surface area contributed by atoms with Crippen molar-refractivity contribution in [3.8, 4) is 0 Å². The number of anilines is 1. The zero-order chi connectivity index (χ0) is 15.0. The van der Waals surface area contributed by atoms with Gasteiger partial charge in [-0.2, -0.15) is 0 Å². The molecule has 0 saturated heterocycles. The average Bonchev–Trinajstić information content (AvgIpc) is 2.76. The molecule has 3 rings (SSSR count). The van der Waals surface area contributed by atoms with Crippen LogP contribution in [0.2, 0.25) is 0 Å². The number of rotatable bonds is 3. The molecular formula is C17H19N3O. The molecule has 0 fully saturated rings. The van der Waals surface area contributed by atoms with Gasteiger partial charge in [0.05, 0.1) is 11.0 Å². The maximum Gasteiger partial charge on any atom is 0.323 e. The number of aromatic nitrogens is 2. The smallest absolute Gasteiger partial charge is 0.323 e. The van der Waals surface area contributed by atoms with Crippen LogP contribution in [0.25, 0.3) is 11.0 Å². The third kappa shape index (κ3) is 2.70. The lowest BCUT2D eigenvalue weighted by atomic mass is 10.00. The fourth-order valence-electron chi connectivity index (χ4n) is 2.82. The SMILES string of the molecule is Cc1cc(C)c(CNc2ccc3[nH]c(=O)[nH]c3c2)c(C)c1. The van der Waals surface area contributed by atoms with Gasteiger partial charge in [0, 0.05) is 12.2 Å². The largest absolute Gasteiger partial charge is 0.381 e. The summed E-state index contributed by atoms with van der Waals surface area (Å²) in [5.74, 6) is 0. The number of fused-ring (bicyclic) bond motifs is 1. The number of hydrogen-bond donors (Lipinski definition) is 3. The first-order chi connectivity index (χ1) is 10.0. The summed E-state index contributed by atoms with van der Waals surface area (Å²) >= 11 is 0. The summed E-state index contributed by atoms with van der Waals surface area (Å²) in [6.07, 6.45) is 0. The van der Waals surface area contributed by atoms with E-state index in [4.69, 9.17) is 0 Å². The highest BCUT2D eigenvalue weighted by Crippen LogP contribution is 2.19. The van der Waals surface area contributed by atoms with Crippen LogP contribution in [-0.4, -0.2) is 9.97 Å². The van der Waals surface area contributed by atoms with Crippen LogP contribution in [0.5, 0.6) is 0 Å². The summed E-state index contributed by atoms with van der Waals surface area (Å²) in [6, 6.07) is 10.2. The average molecular weight is 281 g/mol. The summed E-state index contributed by atoms with van der Waals surface area (Å²) in [7, 11) is 0. The molecule has 0 aliphatic carbocycles. The van der Waals surface area contributed by atoms with Gasteiger partial charge in [0.25, 0.3) is 0 Å². The molecular weight excluding hydrogens is 262 g/mol. The van der Waals surface area contributed by atoms with Crippen LogP contribution in [0.1, 0.15) is 22.3 Å². The number of benzene rings is 2. The lowest BCUT2D eigenvalue weighted by Crippen LogP contribution is -2.04. The number of nitrogens with one attached hydrogen (secondary N) is 3. The Morgan fingerprint density at radius 3 is 2.33 bits per heavy atom. The third-order valence-corrected chi connectivity index (χ3v) is 3.83.